The third-order valence-corrected chi connectivity index (χ3v) is 4.41. The molecule has 2 heterocycles. The normalized spacial score (nSPS) is 10.8. The van der Waals surface area contributed by atoms with Crippen molar-refractivity contribution in [2.24, 2.45) is 7.05 Å². The summed E-state index contributed by atoms with van der Waals surface area (Å²) in [5.41, 5.74) is 1.15. The van der Waals surface area contributed by atoms with Crippen LogP contribution in [0.5, 0.6) is 5.75 Å². The molecule has 0 radical (unpaired) electrons. The highest BCUT2D eigenvalue weighted by Crippen LogP contribution is 2.23. The molecule has 0 fully saturated rings. The maximum Gasteiger partial charge on any atom is 0.332 e. The first kappa shape index (κ1) is 18.4. The molecule has 8 heteroatoms. The van der Waals surface area contributed by atoms with Crippen LogP contribution in [-0.4, -0.2) is 27.1 Å². The van der Waals surface area contributed by atoms with E-state index in [0.717, 1.165) is 10.1 Å². The van der Waals surface area contributed by atoms with Crippen molar-refractivity contribution < 1.29 is 9.53 Å². The Labute approximate surface area is 155 Å². The van der Waals surface area contributed by atoms with Crippen molar-refractivity contribution in [3.8, 4) is 5.75 Å². The molecule has 0 saturated heterocycles. The van der Waals surface area contributed by atoms with Gasteiger partial charge in [0, 0.05) is 24.5 Å². The zero-order chi connectivity index (χ0) is 19.7. The monoisotopic (exact) mass is 368 g/mol. The lowest BCUT2D eigenvalue weighted by Gasteiger charge is -2.14. The van der Waals surface area contributed by atoms with Gasteiger partial charge in [0.1, 0.15) is 17.7 Å². The quantitative estimate of drug-likeness (QED) is 0.750. The zero-order valence-corrected chi connectivity index (χ0v) is 15.6. The number of hydrogen-bond acceptors (Lipinski definition) is 5. The number of carbonyl (C=O) groups is 1. The molecular weight excluding hydrogens is 348 g/mol. The van der Waals surface area contributed by atoms with Gasteiger partial charge in [-0.15, -0.1) is 0 Å². The van der Waals surface area contributed by atoms with E-state index in [0.29, 0.717) is 17.0 Å². The van der Waals surface area contributed by atoms with Crippen LogP contribution in [0.4, 0.5) is 5.69 Å². The third-order valence-electron chi connectivity index (χ3n) is 4.41. The van der Waals surface area contributed by atoms with Crippen molar-refractivity contribution in [2.75, 3.05) is 12.4 Å². The topological polar surface area (TPSA) is 95.2 Å². The van der Waals surface area contributed by atoms with E-state index in [1.165, 1.54) is 24.9 Å². The lowest BCUT2D eigenvalue weighted by Crippen LogP contribution is -2.42. The minimum atomic E-state index is -0.620. The summed E-state index contributed by atoms with van der Waals surface area (Å²) in [5.74, 6) is -0.129. The average molecular weight is 368 g/mol. The fourth-order valence-corrected chi connectivity index (χ4v) is 2.97. The molecule has 0 aliphatic rings. The predicted molar refractivity (Wildman–Crippen MR) is 102 cm³/mol. The van der Waals surface area contributed by atoms with Crippen LogP contribution in [0.3, 0.4) is 0 Å². The number of carbonyl (C=O) groups excluding carboxylic acids is 1. The number of hydrogen-bond donors (Lipinski definition) is 1. The van der Waals surface area contributed by atoms with Gasteiger partial charge in [-0.2, -0.15) is 0 Å². The second-order valence-electron chi connectivity index (χ2n) is 6.27. The third kappa shape index (κ3) is 3.21. The number of fused-ring (bicyclic) bond motifs is 1. The number of benzene rings is 1. The van der Waals surface area contributed by atoms with E-state index in [4.69, 9.17) is 4.74 Å². The summed E-state index contributed by atoms with van der Waals surface area (Å²) in [6.07, 6.45) is 1.54. The van der Waals surface area contributed by atoms with Gasteiger partial charge in [0.25, 0.3) is 5.56 Å². The number of nitrogens with one attached hydrogen (secondary N) is 1. The largest absolute Gasteiger partial charge is 0.495 e. The fraction of sp³-hybridized carbons (Fsp3) is 0.263. The minimum Gasteiger partial charge on any atom is -0.495 e. The van der Waals surface area contributed by atoms with Crippen molar-refractivity contribution in [3.63, 3.8) is 0 Å². The Bertz CT molecular complexity index is 1160. The number of nitrogens with zero attached hydrogens (tertiary/aromatic N) is 3. The van der Waals surface area contributed by atoms with E-state index < -0.39 is 23.7 Å². The van der Waals surface area contributed by atoms with E-state index in [1.807, 2.05) is 19.1 Å². The van der Waals surface area contributed by atoms with Gasteiger partial charge in [-0.25, -0.2) is 14.3 Å². The van der Waals surface area contributed by atoms with Crippen molar-refractivity contribution in [2.45, 2.75) is 20.4 Å². The number of pyridine rings is 1. The molecule has 0 atom stereocenters. The van der Waals surface area contributed by atoms with Crippen molar-refractivity contribution in [1.29, 1.82) is 0 Å². The SMILES string of the molecule is COc1c(C)cnc2c1c(=O)n(CC(=O)Nc1ccccc1C)c(=O)n2C. The zero-order valence-electron chi connectivity index (χ0n) is 15.6. The number of para-hydroxylation sites is 1. The Morgan fingerprint density at radius 1 is 1.19 bits per heavy atom. The molecule has 3 rings (SSSR count). The number of aromatic nitrogens is 3. The molecule has 140 valence electrons. The molecule has 2 aromatic heterocycles. The molecule has 1 aromatic carbocycles. The Kier molecular flexibility index (Phi) is 4.81. The Hall–Kier alpha value is -3.42. The van der Waals surface area contributed by atoms with Crippen LogP contribution in [0.15, 0.2) is 40.1 Å². The highest BCUT2D eigenvalue weighted by Gasteiger charge is 2.19. The predicted octanol–water partition coefficient (Wildman–Crippen LogP) is 1.36. The van der Waals surface area contributed by atoms with Crippen LogP contribution in [0.2, 0.25) is 0 Å². The van der Waals surface area contributed by atoms with Crippen LogP contribution in [0.25, 0.3) is 11.0 Å². The standard InChI is InChI=1S/C19H20N4O4/c1-11-7-5-6-8-13(11)21-14(24)10-23-18(25)15-16(27-4)12(2)9-20-17(15)22(3)19(23)26/h5-9H,10H2,1-4H3,(H,21,24). The molecular formula is C19H20N4O4. The molecule has 3 aromatic rings. The summed E-state index contributed by atoms with van der Waals surface area (Å²) >= 11 is 0. The molecule has 8 nitrogen and oxygen atoms in total. The van der Waals surface area contributed by atoms with Crippen molar-refractivity contribution in [3.05, 3.63) is 62.4 Å². The molecule has 0 aliphatic carbocycles. The summed E-state index contributed by atoms with van der Waals surface area (Å²) < 4.78 is 7.46. The molecule has 0 spiro atoms. The summed E-state index contributed by atoms with van der Waals surface area (Å²) in [4.78, 5) is 42.2. The number of methoxy groups -OCH3 is 1. The second-order valence-corrected chi connectivity index (χ2v) is 6.27. The Morgan fingerprint density at radius 2 is 1.89 bits per heavy atom. The first-order valence-corrected chi connectivity index (χ1v) is 8.33. The maximum absolute atomic E-state index is 12.9. The van der Waals surface area contributed by atoms with Gasteiger partial charge in [0.2, 0.25) is 5.91 Å². The van der Waals surface area contributed by atoms with Crippen molar-refractivity contribution in [1.82, 2.24) is 14.1 Å². The summed E-state index contributed by atoms with van der Waals surface area (Å²) in [6.45, 7) is 3.20. The number of amides is 1. The fourth-order valence-electron chi connectivity index (χ4n) is 2.97. The summed E-state index contributed by atoms with van der Waals surface area (Å²) in [6, 6.07) is 7.26. The Balaban J connectivity index is 2.09. The number of rotatable bonds is 4. The van der Waals surface area contributed by atoms with E-state index >= 15 is 0 Å². The van der Waals surface area contributed by atoms with Gasteiger partial charge in [0.15, 0.2) is 5.65 Å². The van der Waals surface area contributed by atoms with Gasteiger partial charge >= 0.3 is 5.69 Å². The van der Waals surface area contributed by atoms with E-state index in [2.05, 4.69) is 10.3 Å². The molecule has 0 unspecified atom stereocenters. The summed E-state index contributed by atoms with van der Waals surface area (Å²) in [5, 5.41) is 2.90. The Morgan fingerprint density at radius 3 is 2.56 bits per heavy atom. The van der Waals surface area contributed by atoms with E-state index in [9.17, 15) is 14.4 Å². The average Bonchev–Trinajstić information content (AvgIpc) is 2.65. The van der Waals surface area contributed by atoms with Crippen LogP contribution in [0, 0.1) is 13.8 Å². The van der Waals surface area contributed by atoms with E-state index in [-0.39, 0.29) is 11.0 Å². The molecule has 27 heavy (non-hydrogen) atoms. The highest BCUT2D eigenvalue weighted by atomic mass is 16.5. The van der Waals surface area contributed by atoms with Gasteiger partial charge in [-0.3, -0.25) is 14.2 Å². The van der Waals surface area contributed by atoms with Crippen molar-refractivity contribution >= 4 is 22.6 Å². The molecule has 1 amide bonds. The second kappa shape index (κ2) is 7.06. The van der Waals surface area contributed by atoms with Gasteiger partial charge in [-0.05, 0) is 25.5 Å². The smallest absolute Gasteiger partial charge is 0.332 e. The highest BCUT2D eigenvalue weighted by molar-refractivity contribution is 5.91. The van der Waals surface area contributed by atoms with Crippen LogP contribution in [-0.2, 0) is 18.4 Å². The van der Waals surface area contributed by atoms with E-state index in [1.54, 1.807) is 19.1 Å². The number of anilines is 1. The number of aryl methyl sites for hydroxylation is 3. The molecule has 0 bridgehead atoms. The van der Waals surface area contributed by atoms with Crippen LogP contribution in [0.1, 0.15) is 11.1 Å². The minimum absolute atomic E-state index is 0.170. The lowest BCUT2D eigenvalue weighted by molar-refractivity contribution is -0.116. The first-order valence-electron chi connectivity index (χ1n) is 8.33. The van der Waals surface area contributed by atoms with Gasteiger partial charge in [0.05, 0.1) is 7.11 Å². The van der Waals surface area contributed by atoms with Crippen LogP contribution >= 0.6 is 0 Å². The lowest BCUT2D eigenvalue weighted by atomic mass is 10.2. The molecule has 0 aliphatic heterocycles. The first-order chi connectivity index (χ1) is 12.8. The summed E-state index contributed by atoms with van der Waals surface area (Å²) in [7, 11) is 2.95. The van der Waals surface area contributed by atoms with Gasteiger partial charge < -0.3 is 10.1 Å². The number of ether oxygens (including phenoxy) is 1. The molecule has 0 saturated carbocycles. The van der Waals surface area contributed by atoms with Gasteiger partial charge in [-0.1, -0.05) is 18.2 Å². The molecule has 1 N–H and O–H groups in total. The van der Waals surface area contributed by atoms with Crippen LogP contribution < -0.4 is 21.3 Å². The maximum atomic E-state index is 12.9.